The Labute approximate surface area is 206 Å². The molecule has 0 atom stereocenters. The second kappa shape index (κ2) is 9.40. The number of fused-ring (bicyclic) bond motifs is 2. The molecular weight excluding hydrogens is 492 g/mol. The van der Waals surface area contributed by atoms with Gasteiger partial charge in [0.2, 0.25) is 16.8 Å². The van der Waals surface area contributed by atoms with E-state index in [4.69, 9.17) is 24.6 Å². The van der Waals surface area contributed by atoms with Gasteiger partial charge in [-0.05, 0) is 37.6 Å². The van der Waals surface area contributed by atoms with Crippen molar-refractivity contribution in [1.82, 2.24) is 24.2 Å². The van der Waals surface area contributed by atoms with Gasteiger partial charge in [0, 0.05) is 23.5 Å². The van der Waals surface area contributed by atoms with Gasteiger partial charge >= 0.3 is 0 Å². The van der Waals surface area contributed by atoms with Crippen LogP contribution >= 0.6 is 11.8 Å². The third-order valence-electron chi connectivity index (χ3n) is 5.37. The van der Waals surface area contributed by atoms with Crippen LogP contribution in [0.3, 0.4) is 0 Å². The van der Waals surface area contributed by atoms with E-state index >= 15 is 0 Å². The summed E-state index contributed by atoms with van der Waals surface area (Å²) in [7, 11) is -3.36. The van der Waals surface area contributed by atoms with E-state index in [1.807, 2.05) is 35.8 Å². The molecule has 184 valence electrons. The predicted molar refractivity (Wildman–Crippen MR) is 131 cm³/mol. The van der Waals surface area contributed by atoms with Crippen LogP contribution in [0.5, 0.6) is 11.5 Å². The molecule has 0 bridgehead atoms. The molecule has 0 spiro atoms. The SMILES string of the molecule is CCNS(=O)(=O)CCCn1c(Sc2cc3c(cc2-c2ccc(C)o2)OCO3)nc2c(N)ncnc21. The van der Waals surface area contributed by atoms with Crippen LogP contribution in [-0.2, 0) is 16.6 Å². The summed E-state index contributed by atoms with van der Waals surface area (Å²) in [6.45, 7) is 4.50. The van der Waals surface area contributed by atoms with Crippen LogP contribution < -0.4 is 19.9 Å². The van der Waals surface area contributed by atoms with Gasteiger partial charge in [0.25, 0.3) is 0 Å². The van der Waals surface area contributed by atoms with Crippen LogP contribution in [0.25, 0.3) is 22.5 Å². The Morgan fingerprint density at radius 3 is 2.74 bits per heavy atom. The van der Waals surface area contributed by atoms with Crippen LogP contribution in [0.4, 0.5) is 5.82 Å². The third-order valence-corrected chi connectivity index (χ3v) is 7.97. The number of furan rings is 1. The molecule has 0 saturated heterocycles. The largest absolute Gasteiger partial charge is 0.461 e. The van der Waals surface area contributed by atoms with Crippen LogP contribution in [0.1, 0.15) is 19.1 Å². The molecule has 4 heterocycles. The molecule has 0 amide bonds. The number of nitrogens with two attached hydrogens (primary N) is 1. The van der Waals surface area contributed by atoms with Crippen molar-refractivity contribution in [3.05, 3.63) is 36.4 Å². The van der Waals surface area contributed by atoms with Gasteiger partial charge in [-0.15, -0.1) is 0 Å². The van der Waals surface area contributed by atoms with Gasteiger partial charge in [-0.25, -0.2) is 28.1 Å². The fourth-order valence-electron chi connectivity index (χ4n) is 3.80. The van der Waals surface area contributed by atoms with E-state index in [0.29, 0.717) is 53.1 Å². The third kappa shape index (κ3) is 4.79. The number of nitrogen functional groups attached to an aromatic ring is 1. The highest BCUT2D eigenvalue weighted by Crippen LogP contribution is 2.45. The van der Waals surface area contributed by atoms with E-state index < -0.39 is 10.0 Å². The van der Waals surface area contributed by atoms with Crippen molar-refractivity contribution in [2.45, 2.75) is 36.9 Å². The minimum absolute atomic E-state index is 0.0217. The number of hydrogen-bond donors (Lipinski definition) is 2. The van der Waals surface area contributed by atoms with Crippen molar-refractivity contribution in [2.24, 2.45) is 0 Å². The number of sulfonamides is 1. The molecule has 0 radical (unpaired) electrons. The molecule has 5 rings (SSSR count). The van der Waals surface area contributed by atoms with E-state index in [2.05, 4.69) is 14.7 Å². The van der Waals surface area contributed by atoms with Gasteiger partial charge in [-0.1, -0.05) is 18.7 Å². The molecule has 11 nitrogen and oxygen atoms in total. The summed E-state index contributed by atoms with van der Waals surface area (Å²) in [4.78, 5) is 13.9. The average Bonchev–Trinajstić information content (AvgIpc) is 3.53. The Bertz CT molecular complexity index is 1500. The highest BCUT2D eigenvalue weighted by atomic mass is 32.2. The molecular formula is C22H24N6O5S2. The molecule has 0 saturated carbocycles. The average molecular weight is 517 g/mol. The number of nitrogens with one attached hydrogen (secondary N) is 1. The Morgan fingerprint density at radius 2 is 2.00 bits per heavy atom. The Kier molecular flexibility index (Phi) is 6.30. The van der Waals surface area contributed by atoms with E-state index in [0.717, 1.165) is 16.2 Å². The lowest BCUT2D eigenvalue weighted by atomic mass is 10.1. The van der Waals surface area contributed by atoms with Crippen molar-refractivity contribution < 1.29 is 22.3 Å². The molecule has 0 fully saturated rings. The molecule has 3 N–H and O–H groups in total. The molecule has 1 aliphatic heterocycles. The Hall–Kier alpha value is -3.29. The second-order valence-corrected chi connectivity index (χ2v) is 10.8. The first-order chi connectivity index (χ1) is 16.8. The minimum atomic E-state index is -3.36. The number of nitrogens with zero attached hydrogens (tertiary/aromatic N) is 4. The molecule has 4 aromatic rings. The van der Waals surface area contributed by atoms with Crippen molar-refractivity contribution in [1.29, 1.82) is 0 Å². The second-order valence-electron chi connectivity index (χ2n) is 7.86. The van der Waals surface area contributed by atoms with Gasteiger partial charge in [0.05, 0.1) is 5.75 Å². The standard InChI is InChI=1S/C22H24N6O5S2/c1-3-26-35(29,30)8-4-7-28-21-19(20(23)24-11-25-21)27-22(28)34-18-10-17-16(31-12-32-17)9-14(18)15-6-5-13(2)33-15/h5-6,9-11,26H,3-4,7-8,12H2,1-2H3,(H2,23,24,25). The maximum Gasteiger partial charge on any atom is 0.231 e. The van der Waals surface area contributed by atoms with Crippen molar-refractivity contribution >= 4 is 38.8 Å². The van der Waals surface area contributed by atoms with E-state index in [9.17, 15) is 8.42 Å². The van der Waals surface area contributed by atoms with Crippen LogP contribution in [0.2, 0.25) is 0 Å². The number of hydrogen-bond acceptors (Lipinski definition) is 10. The molecule has 0 aliphatic carbocycles. The number of rotatable bonds is 9. The highest BCUT2D eigenvalue weighted by molar-refractivity contribution is 7.99. The Morgan fingerprint density at radius 1 is 1.20 bits per heavy atom. The zero-order valence-corrected chi connectivity index (χ0v) is 20.8. The smallest absolute Gasteiger partial charge is 0.231 e. The molecule has 1 aromatic carbocycles. The zero-order valence-electron chi connectivity index (χ0n) is 19.1. The van der Waals surface area contributed by atoms with Gasteiger partial charge in [-0.2, -0.15) is 0 Å². The number of ether oxygens (including phenoxy) is 2. The number of aromatic nitrogens is 4. The van der Waals surface area contributed by atoms with Crippen molar-refractivity contribution in [3.8, 4) is 22.8 Å². The molecule has 3 aromatic heterocycles. The summed E-state index contributed by atoms with van der Waals surface area (Å²) >= 11 is 1.38. The molecule has 35 heavy (non-hydrogen) atoms. The normalized spacial score (nSPS) is 13.1. The summed E-state index contributed by atoms with van der Waals surface area (Å²) in [6, 6.07) is 7.56. The van der Waals surface area contributed by atoms with Crippen LogP contribution in [-0.4, -0.2) is 47.0 Å². The van der Waals surface area contributed by atoms with Gasteiger partial charge in [-0.3, -0.25) is 0 Å². The maximum absolute atomic E-state index is 12.1. The summed E-state index contributed by atoms with van der Waals surface area (Å²) in [6.07, 6.45) is 1.74. The first-order valence-electron chi connectivity index (χ1n) is 11.0. The maximum atomic E-state index is 12.1. The van der Waals surface area contributed by atoms with E-state index in [1.54, 1.807) is 6.92 Å². The molecule has 1 aliphatic rings. The molecule has 0 unspecified atom stereocenters. The topological polar surface area (TPSA) is 147 Å². The summed E-state index contributed by atoms with van der Waals surface area (Å²) in [5.41, 5.74) is 7.89. The van der Waals surface area contributed by atoms with E-state index in [1.165, 1.54) is 18.1 Å². The molecule has 13 heteroatoms. The number of benzene rings is 1. The first-order valence-corrected chi connectivity index (χ1v) is 13.4. The lowest BCUT2D eigenvalue weighted by molar-refractivity contribution is 0.174. The fourth-order valence-corrected chi connectivity index (χ4v) is 5.95. The van der Waals surface area contributed by atoms with Gasteiger partial charge in [0.1, 0.15) is 17.8 Å². The summed E-state index contributed by atoms with van der Waals surface area (Å²) in [5, 5.41) is 0.594. The van der Waals surface area contributed by atoms with Crippen molar-refractivity contribution in [3.63, 3.8) is 0 Å². The Balaban J connectivity index is 1.54. The fraction of sp³-hybridized carbons (Fsp3) is 0.318. The number of imidazole rings is 1. The highest BCUT2D eigenvalue weighted by Gasteiger charge is 2.23. The predicted octanol–water partition coefficient (Wildman–Crippen LogP) is 3.19. The van der Waals surface area contributed by atoms with E-state index in [-0.39, 0.29) is 18.4 Å². The zero-order chi connectivity index (χ0) is 24.6. The summed E-state index contributed by atoms with van der Waals surface area (Å²) in [5.74, 6) is 2.96. The first kappa shape index (κ1) is 23.5. The van der Waals surface area contributed by atoms with Crippen LogP contribution in [0.15, 0.2) is 45.1 Å². The quantitative estimate of drug-likeness (QED) is 0.340. The summed E-state index contributed by atoms with van der Waals surface area (Å²) < 4.78 is 45.7. The van der Waals surface area contributed by atoms with Crippen LogP contribution in [0, 0.1) is 6.92 Å². The van der Waals surface area contributed by atoms with Gasteiger partial charge < -0.3 is 24.2 Å². The lowest BCUT2D eigenvalue weighted by Gasteiger charge is -2.11. The number of anilines is 1. The number of aryl methyl sites for hydroxylation is 2. The monoisotopic (exact) mass is 516 g/mol. The van der Waals surface area contributed by atoms with Gasteiger partial charge in [0.15, 0.2) is 33.6 Å². The lowest BCUT2D eigenvalue weighted by Crippen LogP contribution is -2.26. The van der Waals surface area contributed by atoms with Crippen molar-refractivity contribution in [2.75, 3.05) is 24.8 Å². The minimum Gasteiger partial charge on any atom is -0.461 e.